The molecule has 0 aliphatic carbocycles. The summed E-state index contributed by atoms with van der Waals surface area (Å²) >= 11 is 0. The van der Waals surface area contributed by atoms with Crippen LogP contribution in [0.25, 0.3) is 16.9 Å². The Kier molecular flexibility index (Phi) is 4.53. The lowest BCUT2D eigenvalue weighted by Gasteiger charge is -2.32. The van der Waals surface area contributed by atoms with Gasteiger partial charge in [0.25, 0.3) is 0 Å². The largest absolute Gasteiger partial charge is 0.507 e. The molecule has 1 fully saturated rings. The third-order valence-electron chi connectivity index (χ3n) is 4.92. The Hall–Kier alpha value is -2.93. The molecule has 7 heteroatoms. The molecule has 0 saturated carbocycles. The summed E-state index contributed by atoms with van der Waals surface area (Å²) in [6, 6.07) is 5.96. The van der Waals surface area contributed by atoms with Crippen molar-refractivity contribution in [1.82, 2.24) is 24.8 Å². The molecule has 0 unspecified atom stereocenters. The molecule has 0 atom stereocenters. The van der Waals surface area contributed by atoms with Crippen LogP contribution >= 0.6 is 0 Å². The first-order valence-corrected chi connectivity index (χ1v) is 8.79. The van der Waals surface area contributed by atoms with Crippen molar-refractivity contribution in [3.05, 3.63) is 49.3 Å². The number of benzene rings is 1. The second-order valence-corrected chi connectivity index (χ2v) is 6.52. The summed E-state index contributed by atoms with van der Waals surface area (Å²) < 4.78 is 1.84. The molecule has 3 aromatic rings. The minimum absolute atomic E-state index is 0.171. The predicted molar refractivity (Wildman–Crippen MR) is 101 cm³/mol. The van der Waals surface area contributed by atoms with Crippen molar-refractivity contribution >= 4 is 5.82 Å². The normalized spacial score (nSPS) is 15.1. The zero-order valence-electron chi connectivity index (χ0n) is 14.7. The molecule has 7 nitrogen and oxygen atoms in total. The lowest BCUT2D eigenvalue weighted by molar-refractivity contribution is 0.441. The van der Waals surface area contributed by atoms with E-state index in [0.29, 0.717) is 17.3 Å². The molecule has 2 N–H and O–H groups in total. The van der Waals surface area contributed by atoms with Crippen LogP contribution < -0.4 is 10.2 Å². The van der Waals surface area contributed by atoms with Crippen LogP contribution in [0.5, 0.6) is 5.75 Å². The van der Waals surface area contributed by atoms with Crippen molar-refractivity contribution in [3.63, 3.8) is 0 Å². The number of nitrogens with zero attached hydrogens (tertiary/aromatic N) is 5. The van der Waals surface area contributed by atoms with Gasteiger partial charge in [-0.15, -0.1) is 0 Å². The number of hydrogen-bond acceptors (Lipinski definition) is 6. The second-order valence-electron chi connectivity index (χ2n) is 6.52. The van der Waals surface area contributed by atoms with E-state index in [-0.39, 0.29) is 5.75 Å². The molecule has 0 bridgehead atoms. The maximum absolute atomic E-state index is 10.4. The topological polar surface area (TPSA) is 79.1 Å². The van der Waals surface area contributed by atoms with Gasteiger partial charge in [-0.3, -0.25) is 4.98 Å². The quantitative estimate of drug-likeness (QED) is 0.751. The van der Waals surface area contributed by atoms with Crippen LogP contribution in [-0.2, 0) is 0 Å². The predicted octanol–water partition coefficient (Wildman–Crippen LogP) is 2.22. The van der Waals surface area contributed by atoms with Gasteiger partial charge in [0, 0.05) is 37.1 Å². The molecular formula is C19H22N6O. The summed E-state index contributed by atoms with van der Waals surface area (Å²) in [5.74, 6) is 1.03. The summed E-state index contributed by atoms with van der Waals surface area (Å²) in [7, 11) is 2.07. The third kappa shape index (κ3) is 3.25. The van der Waals surface area contributed by atoms with Crippen LogP contribution in [-0.4, -0.2) is 50.8 Å². The molecule has 134 valence electrons. The van der Waals surface area contributed by atoms with Gasteiger partial charge in [0.2, 0.25) is 0 Å². The Morgan fingerprint density at radius 3 is 2.69 bits per heavy atom. The van der Waals surface area contributed by atoms with Crippen molar-refractivity contribution in [2.24, 2.45) is 0 Å². The number of anilines is 1. The van der Waals surface area contributed by atoms with Crippen molar-refractivity contribution < 1.29 is 5.11 Å². The van der Waals surface area contributed by atoms with Crippen molar-refractivity contribution in [1.29, 1.82) is 0 Å². The Bertz CT molecular complexity index is 856. The molecule has 1 aliphatic rings. The van der Waals surface area contributed by atoms with Crippen molar-refractivity contribution in [3.8, 4) is 22.7 Å². The smallest absolute Gasteiger partial charge is 0.147 e. The lowest BCUT2D eigenvalue weighted by atomic mass is 10.1. The van der Waals surface area contributed by atoms with E-state index in [4.69, 9.17) is 0 Å². The van der Waals surface area contributed by atoms with E-state index in [0.717, 1.165) is 37.4 Å². The maximum Gasteiger partial charge on any atom is 0.147 e. The SMILES string of the molecule is CN(c1cnc(-c2ccc(-n3ccnc3)cc2O)cn1)C1CCNCC1. The van der Waals surface area contributed by atoms with Crippen LogP contribution in [0.4, 0.5) is 5.82 Å². The van der Waals surface area contributed by atoms with Gasteiger partial charge in [0.05, 0.1) is 30.1 Å². The van der Waals surface area contributed by atoms with Crippen LogP contribution in [0.1, 0.15) is 12.8 Å². The summed E-state index contributed by atoms with van der Waals surface area (Å²) in [4.78, 5) is 15.3. The molecule has 26 heavy (non-hydrogen) atoms. The first-order chi connectivity index (χ1) is 12.7. The molecule has 3 heterocycles. The molecule has 4 rings (SSSR count). The van der Waals surface area contributed by atoms with Crippen molar-refractivity contribution in [2.75, 3.05) is 25.0 Å². The average Bonchev–Trinajstić information content (AvgIpc) is 3.23. The Balaban J connectivity index is 1.55. The summed E-state index contributed by atoms with van der Waals surface area (Å²) in [6.07, 6.45) is 10.9. The van der Waals surface area contributed by atoms with E-state index in [1.54, 1.807) is 31.0 Å². The van der Waals surface area contributed by atoms with E-state index >= 15 is 0 Å². The number of nitrogens with one attached hydrogen (secondary N) is 1. The Morgan fingerprint density at radius 1 is 1.19 bits per heavy atom. The number of hydrogen-bond donors (Lipinski definition) is 2. The minimum atomic E-state index is 0.171. The van der Waals surface area contributed by atoms with E-state index in [9.17, 15) is 5.11 Å². The van der Waals surface area contributed by atoms with Gasteiger partial charge >= 0.3 is 0 Å². The van der Waals surface area contributed by atoms with Gasteiger partial charge in [0.1, 0.15) is 11.6 Å². The standard InChI is InChI=1S/C19H22N6O/c1-24(14-4-6-20-7-5-14)19-12-22-17(11-23-19)16-3-2-15(10-18(16)26)25-9-8-21-13-25/h2-3,8-14,20,26H,4-7H2,1H3. The van der Waals surface area contributed by atoms with Crippen LogP contribution in [0.3, 0.4) is 0 Å². The van der Waals surface area contributed by atoms with Gasteiger partial charge in [-0.1, -0.05) is 0 Å². The minimum Gasteiger partial charge on any atom is -0.507 e. The second kappa shape index (κ2) is 7.13. The van der Waals surface area contributed by atoms with E-state index < -0.39 is 0 Å². The molecule has 1 aromatic carbocycles. The number of aromatic nitrogens is 4. The first kappa shape index (κ1) is 16.5. The number of imidazole rings is 1. The maximum atomic E-state index is 10.4. The number of piperidine rings is 1. The van der Waals surface area contributed by atoms with Gasteiger partial charge in [-0.25, -0.2) is 9.97 Å². The zero-order valence-corrected chi connectivity index (χ0v) is 14.7. The third-order valence-corrected chi connectivity index (χ3v) is 4.92. The molecule has 2 aromatic heterocycles. The fourth-order valence-electron chi connectivity index (χ4n) is 3.33. The molecular weight excluding hydrogens is 328 g/mol. The van der Waals surface area contributed by atoms with Crippen LogP contribution in [0.2, 0.25) is 0 Å². The highest BCUT2D eigenvalue weighted by molar-refractivity contribution is 5.68. The monoisotopic (exact) mass is 350 g/mol. The highest BCUT2D eigenvalue weighted by atomic mass is 16.3. The van der Waals surface area contributed by atoms with Crippen LogP contribution in [0, 0.1) is 0 Å². The number of phenols is 1. The average molecular weight is 350 g/mol. The van der Waals surface area contributed by atoms with Gasteiger partial charge < -0.3 is 19.9 Å². The number of aromatic hydroxyl groups is 1. The molecule has 0 spiro atoms. The summed E-state index contributed by atoms with van der Waals surface area (Å²) in [6.45, 7) is 2.08. The molecule has 1 aliphatic heterocycles. The first-order valence-electron chi connectivity index (χ1n) is 8.79. The molecule has 0 radical (unpaired) electrons. The van der Waals surface area contributed by atoms with Gasteiger partial charge in [0.15, 0.2) is 0 Å². The van der Waals surface area contributed by atoms with Gasteiger partial charge in [-0.05, 0) is 38.1 Å². The van der Waals surface area contributed by atoms with Gasteiger partial charge in [-0.2, -0.15) is 0 Å². The van der Waals surface area contributed by atoms with E-state index in [2.05, 4.69) is 32.2 Å². The number of phenolic OH excluding ortho intramolecular Hbond substituents is 1. The summed E-state index contributed by atoms with van der Waals surface area (Å²) in [5.41, 5.74) is 2.17. The fourth-order valence-corrected chi connectivity index (χ4v) is 3.33. The Labute approximate surface area is 152 Å². The molecule has 1 saturated heterocycles. The highest BCUT2D eigenvalue weighted by Crippen LogP contribution is 2.30. The fraction of sp³-hybridized carbons (Fsp3) is 0.316. The van der Waals surface area contributed by atoms with Crippen LogP contribution in [0.15, 0.2) is 49.3 Å². The zero-order chi connectivity index (χ0) is 17.9. The van der Waals surface area contributed by atoms with Crippen molar-refractivity contribution in [2.45, 2.75) is 18.9 Å². The Morgan fingerprint density at radius 2 is 2.04 bits per heavy atom. The number of rotatable bonds is 4. The molecule has 0 amide bonds. The highest BCUT2D eigenvalue weighted by Gasteiger charge is 2.19. The lowest BCUT2D eigenvalue weighted by Crippen LogP contribution is -2.41. The van der Waals surface area contributed by atoms with E-state index in [1.807, 2.05) is 22.9 Å². The van der Waals surface area contributed by atoms with E-state index in [1.165, 1.54) is 0 Å². The summed E-state index contributed by atoms with van der Waals surface area (Å²) in [5, 5.41) is 13.8.